The molecule has 1 atom stereocenters. The lowest BCUT2D eigenvalue weighted by Gasteiger charge is -2.18. The molecule has 0 fully saturated rings. The van der Waals surface area contributed by atoms with E-state index in [1.165, 1.54) is 250 Å². The van der Waals surface area contributed by atoms with Gasteiger partial charge in [-0.3, -0.25) is 14.4 Å². The summed E-state index contributed by atoms with van der Waals surface area (Å²) in [7, 11) is 0. The molecule has 0 bridgehead atoms. The number of allylic oxidation sites excluding steroid dienone is 4. The summed E-state index contributed by atoms with van der Waals surface area (Å²) in [6, 6.07) is 0. The lowest BCUT2D eigenvalue weighted by Crippen LogP contribution is -2.30. The number of hydrogen-bond acceptors (Lipinski definition) is 6. The standard InChI is InChI=1S/C67H126O6/c1-4-7-10-13-16-19-22-24-25-26-27-28-29-30-31-32-33-34-35-36-37-38-39-40-41-42-43-44-46-48-51-54-57-60-66(69)72-63-64(62-71-65(68)59-56-53-50-47-21-18-15-12-9-6-3)73-67(70)61-58-55-52-49-45-23-20-17-14-11-8-5-2/h12,15,17,20,64H,4-11,13-14,16,18-19,21-63H2,1-3H3/b15-12-,20-17-. The Morgan fingerprint density at radius 2 is 0.479 bits per heavy atom. The predicted molar refractivity (Wildman–Crippen MR) is 316 cm³/mol. The van der Waals surface area contributed by atoms with E-state index < -0.39 is 6.10 Å². The summed E-state index contributed by atoms with van der Waals surface area (Å²) < 4.78 is 16.8. The maximum atomic E-state index is 12.8. The van der Waals surface area contributed by atoms with Gasteiger partial charge in [-0.15, -0.1) is 0 Å². The van der Waals surface area contributed by atoms with Crippen LogP contribution in [0.4, 0.5) is 0 Å². The van der Waals surface area contributed by atoms with E-state index in [0.29, 0.717) is 19.3 Å². The minimum atomic E-state index is -0.775. The third-order valence-electron chi connectivity index (χ3n) is 14.9. The van der Waals surface area contributed by atoms with E-state index in [0.717, 1.165) is 77.0 Å². The second kappa shape index (κ2) is 62.4. The van der Waals surface area contributed by atoms with E-state index in [1.54, 1.807) is 0 Å². The van der Waals surface area contributed by atoms with Crippen molar-refractivity contribution in [2.45, 2.75) is 374 Å². The zero-order chi connectivity index (χ0) is 52.9. The van der Waals surface area contributed by atoms with Crippen LogP contribution in [0.2, 0.25) is 0 Å². The fraction of sp³-hybridized carbons (Fsp3) is 0.896. The number of hydrogen-bond donors (Lipinski definition) is 0. The van der Waals surface area contributed by atoms with Gasteiger partial charge < -0.3 is 14.2 Å². The van der Waals surface area contributed by atoms with Crippen molar-refractivity contribution in [3.05, 3.63) is 24.3 Å². The van der Waals surface area contributed by atoms with Crippen molar-refractivity contribution in [1.82, 2.24) is 0 Å². The Balaban J connectivity index is 3.95. The largest absolute Gasteiger partial charge is 0.462 e. The van der Waals surface area contributed by atoms with Gasteiger partial charge >= 0.3 is 17.9 Å². The van der Waals surface area contributed by atoms with Gasteiger partial charge in [-0.2, -0.15) is 0 Å². The summed E-state index contributed by atoms with van der Waals surface area (Å²) in [4.78, 5) is 38.1. The molecule has 73 heavy (non-hydrogen) atoms. The lowest BCUT2D eigenvalue weighted by molar-refractivity contribution is -0.167. The van der Waals surface area contributed by atoms with Crippen LogP contribution in [-0.4, -0.2) is 37.2 Å². The van der Waals surface area contributed by atoms with E-state index in [-0.39, 0.29) is 31.1 Å². The Kier molecular flexibility index (Phi) is 60.6. The topological polar surface area (TPSA) is 78.9 Å². The molecule has 0 aromatic heterocycles. The fourth-order valence-corrected chi connectivity index (χ4v) is 9.97. The molecule has 0 aliphatic carbocycles. The molecule has 0 saturated heterocycles. The van der Waals surface area contributed by atoms with Crippen molar-refractivity contribution >= 4 is 17.9 Å². The van der Waals surface area contributed by atoms with Crippen molar-refractivity contribution in [1.29, 1.82) is 0 Å². The summed E-state index contributed by atoms with van der Waals surface area (Å²) in [5, 5.41) is 0. The summed E-state index contributed by atoms with van der Waals surface area (Å²) in [6.07, 6.45) is 75.2. The number of carbonyl (C=O) groups is 3. The summed E-state index contributed by atoms with van der Waals surface area (Å²) in [5.41, 5.74) is 0. The number of esters is 3. The lowest BCUT2D eigenvalue weighted by atomic mass is 10.0. The summed E-state index contributed by atoms with van der Waals surface area (Å²) in [6.45, 7) is 6.59. The van der Waals surface area contributed by atoms with Crippen LogP contribution in [-0.2, 0) is 28.6 Å². The Labute approximate surface area is 455 Å². The smallest absolute Gasteiger partial charge is 0.306 e. The molecule has 6 nitrogen and oxygen atoms in total. The molecule has 6 heteroatoms. The van der Waals surface area contributed by atoms with Crippen molar-refractivity contribution in [3.63, 3.8) is 0 Å². The Morgan fingerprint density at radius 1 is 0.260 bits per heavy atom. The summed E-state index contributed by atoms with van der Waals surface area (Å²) >= 11 is 0. The third kappa shape index (κ3) is 60.6. The molecule has 0 spiro atoms. The van der Waals surface area contributed by atoms with E-state index in [2.05, 4.69) is 45.1 Å². The molecule has 0 radical (unpaired) electrons. The first-order valence-electron chi connectivity index (χ1n) is 32.8. The predicted octanol–water partition coefficient (Wildman–Crippen LogP) is 22.2. The molecular weight excluding hydrogens is 901 g/mol. The first-order chi connectivity index (χ1) is 36.0. The molecule has 0 amide bonds. The SMILES string of the molecule is CCC/C=C\CCCCCCCC(=O)OCC(COC(=O)CCCCCCCCCCCCCCCCCCCCCCCCCCCCCCCCCCC)OC(=O)CCCCCCC/C=C\CCCCC. The minimum Gasteiger partial charge on any atom is -0.462 e. The van der Waals surface area contributed by atoms with Gasteiger partial charge in [0.05, 0.1) is 0 Å². The van der Waals surface area contributed by atoms with Crippen LogP contribution in [0.1, 0.15) is 367 Å². The Hall–Kier alpha value is -2.11. The van der Waals surface area contributed by atoms with Gasteiger partial charge in [0, 0.05) is 19.3 Å². The molecule has 0 N–H and O–H groups in total. The highest BCUT2D eigenvalue weighted by molar-refractivity contribution is 5.71. The quantitative estimate of drug-likeness (QED) is 0.0261. The molecule has 0 aliphatic rings. The second-order valence-electron chi connectivity index (χ2n) is 22.4. The number of rotatable bonds is 61. The molecule has 1 unspecified atom stereocenters. The number of carbonyl (C=O) groups excluding carboxylic acids is 3. The highest BCUT2D eigenvalue weighted by Crippen LogP contribution is 2.18. The highest BCUT2D eigenvalue weighted by Gasteiger charge is 2.19. The average molecular weight is 1030 g/mol. The van der Waals surface area contributed by atoms with Gasteiger partial charge in [0.25, 0.3) is 0 Å². The Bertz CT molecular complexity index is 1180. The van der Waals surface area contributed by atoms with Gasteiger partial charge in [-0.05, 0) is 64.2 Å². The normalized spacial score (nSPS) is 12.1. The van der Waals surface area contributed by atoms with Crippen molar-refractivity contribution in [2.75, 3.05) is 13.2 Å². The van der Waals surface area contributed by atoms with E-state index in [9.17, 15) is 14.4 Å². The molecule has 0 aromatic carbocycles. The number of ether oxygens (including phenoxy) is 3. The first kappa shape index (κ1) is 70.9. The van der Waals surface area contributed by atoms with Crippen LogP contribution >= 0.6 is 0 Å². The van der Waals surface area contributed by atoms with Crippen LogP contribution in [0, 0.1) is 0 Å². The molecule has 0 aliphatic heterocycles. The van der Waals surface area contributed by atoms with Crippen molar-refractivity contribution < 1.29 is 28.6 Å². The molecule has 0 rings (SSSR count). The fourth-order valence-electron chi connectivity index (χ4n) is 9.97. The van der Waals surface area contributed by atoms with Crippen LogP contribution in [0.15, 0.2) is 24.3 Å². The van der Waals surface area contributed by atoms with Crippen molar-refractivity contribution in [3.8, 4) is 0 Å². The second-order valence-corrected chi connectivity index (χ2v) is 22.4. The molecule has 0 saturated carbocycles. The monoisotopic (exact) mass is 1030 g/mol. The van der Waals surface area contributed by atoms with Crippen LogP contribution < -0.4 is 0 Å². The third-order valence-corrected chi connectivity index (χ3v) is 14.9. The molecule has 0 aromatic rings. The van der Waals surface area contributed by atoms with Crippen LogP contribution in [0.5, 0.6) is 0 Å². The first-order valence-corrected chi connectivity index (χ1v) is 32.8. The van der Waals surface area contributed by atoms with Gasteiger partial charge in [0.15, 0.2) is 6.10 Å². The molecule has 430 valence electrons. The maximum absolute atomic E-state index is 12.8. The van der Waals surface area contributed by atoms with E-state index in [1.807, 2.05) is 0 Å². The zero-order valence-electron chi connectivity index (χ0n) is 49.4. The Morgan fingerprint density at radius 3 is 0.767 bits per heavy atom. The van der Waals surface area contributed by atoms with Gasteiger partial charge in [0.2, 0.25) is 0 Å². The van der Waals surface area contributed by atoms with Crippen LogP contribution in [0.25, 0.3) is 0 Å². The number of unbranched alkanes of at least 4 members (excludes halogenated alkanes) is 46. The molecular formula is C67H126O6. The van der Waals surface area contributed by atoms with Gasteiger partial charge in [-0.1, -0.05) is 308 Å². The van der Waals surface area contributed by atoms with E-state index >= 15 is 0 Å². The van der Waals surface area contributed by atoms with Gasteiger partial charge in [0.1, 0.15) is 13.2 Å². The summed E-state index contributed by atoms with van der Waals surface area (Å²) in [5.74, 6) is -0.875. The maximum Gasteiger partial charge on any atom is 0.306 e. The zero-order valence-corrected chi connectivity index (χ0v) is 49.4. The van der Waals surface area contributed by atoms with Crippen molar-refractivity contribution in [2.24, 2.45) is 0 Å². The highest BCUT2D eigenvalue weighted by atomic mass is 16.6. The minimum absolute atomic E-state index is 0.0732. The van der Waals surface area contributed by atoms with E-state index in [4.69, 9.17) is 14.2 Å². The average Bonchev–Trinajstić information content (AvgIpc) is 3.39. The molecule has 0 heterocycles. The van der Waals surface area contributed by atoms with Gasteiger partial charge in [-0.25, -0.2) is 0 Å². The van der Waals surface area contributed by atoms with Crippen LogP contribution in [0.3, 0.4) is 0 Å².